The minimum absolute atomic E-state index is 0.583. The van der Waals surface area contributed by atoms with Gasteiger partial charge in [-0.05, 0) is 19.8 Å². The van der Waals surface area contributed by atoms with Crippen LogP contribution in [0.2, 0.25) is 0 Å². The molecule has 1 aromatic carbocycles. The van der Waals surface area contributed by atoms with E-state index in [4.69, 9.17) is 5.73 Å². The second kappa shape index (κ2) is 4.14. The van der Waals surface area contributed by atoms with Gasteiger partial charge in [0.2, 0.25) is 0 Å². The zero-order valence-corrected chi connectivity index (χ0v) is 6.96. The Morgan fingerprint density at radius 3 is 1.82 bits per heavy atom. The standard InChI is InChI=1S/C7H8.C3H7N/c1-7-5-3-2-4-6-7;4-3-1-2-3/h2-6H,1H3;3H,1-2,4H2. The van der Waals surface area contributed by atoms with Gasteiger partial charge in [-0.1, -0.05) is 35.9 Å². The van der Waals surface area contributed by atoms with Crippen LogP contribution in [0.4, 0.5) is 0 Å². The molecule has 11 heavy (non-hydrogen) atoms. The lowest BCUT2D eigenvalue weighted by Crippen LogP contribution is -1.94. The SMILES string of the molecule is Cc1ccccc1.NC1CC1. The fourth-order valence-corrected chi connectivity index (χ4v) is 0.631. The first-order valence-corrected chi connectivity index (χ1v) is 4.06. The fourth-order valence-electron chi connectivity index (χ4n) is 0.631. The number of benzene rings is 1. The molecule has 1 aromatic rings. The van der Waals surface area contributed by atoms with Crippen LogP contribution in [0.25, 0.3) is 0 Å². The topological polar surface area (TPSA) is 26.0 Å². The molecule has 0 atom stereocenters. The van der Waals surface area contributed by atoms with Crippen molar-refractivity contribution in [2.75, 3.05) is 0 Å². The molecule has 0 aromatic heterocycles. The van der Waals surface area contributed by atoms with E-state index in [1.165, 1.54) is 18.4 Å². The highest BCUT2D eigenvalue weighted by Gasteiger charge is 2.13. The summed E-state index contributed by atoms with van der Waals surface area (Å²) in [5.41, 5.74) is 6.54. The van der Waals surface area contributed by atoms with Crippen LogP contribution in [0, 0.1) is 6.92 Å². The minimum atomic E-state index is 0.583. The van der Waals surface area contributed by atoms with Gasteiger partial charge in [-0.3, -0.25) is 0 Å². The van der Waals surface area contributed by atoms with E-state index in [0.29, 0.717) is 6.04 Å². The Labute approximate surface area is 68.2 Å². The van der Waals surface area contributed by atoms with E-state index < -0.39 is 0 Å². The summed E-state index contributed by atoms with van der Waals surface area (Å²) in [7, 11) is 0. The van der Waals surface area contributed by atoms with E-state index >= 15 is 0 Å². The van der Waals surface area contributed by atoms with Crippen molar-refractivity contribution in [1.29, 1.82) is 0 Å². The number of hydrogen-bond acceptors (Lipinski definition) is 1. The second-order valence-corrected chi connectivity index (χ2v) is 2.99. The molecule has 1 aliphatic carbocycles. The van der Waals surface area contributed by atoms with Gasteiger partial charge in [-0.25, -0.2) is 0 Å². The quantitative estimate of drug-likeness (QED) is 0.600. The third kappa shape index (κ3) is 4.57. The maximum absolute atomic E-state index is 5.22. The third-order valence-electron chi connectivity index (χ3n) is 1.56. The van der Waals surface area contributed by atoms with Crippen LogP contribution in [0.5, 0.6) is 0 Å². The monoisotopic (exact) mass is 149 g/mol. The lowest BCUT2D eigenvalue weighted by molar-refractivity contribution is 1.07. The van der Waals surface area contributed by atoms with E-state index in [9.17, 15) is 0 Å². The molecule has 0 aliphatic heterocycles. The molecule has 1 saturated carbocycles. The number of aryl methyl sites for hydroxylation is 1. The highest BCUT2D eigenvalue weighted by Crippen LogP contribution is 2.13. The van der Waals surface area contributed by atoms with Crippen LogP contribution in [-0.2, 0) is 0 Å². The van der Waals surface area contributed by atoms with Crippen molar-refractivity contribution in [3.63, 3.8) is 0 Å². The summed E-state index contributed by atoms with van der Waals surface area (Å²) in [5.74, 6) is 0. The molecule has 60 valence electrons. The molecule has 2 N–H and O–H groups in total. The van der Waals surface area contributed by atoms with Crippen molar-refractivity contribution in [2.24, 2.45) is 5.73 Å². The molecular weight excluding hydrogens is 134 g/mol. The molecule has 0 radical (unpaired) electrons. The van der Waals surface area contributed by atoms with Crippen molar-refractivity contribution >= 4 is 0 Å². The van der Waals surface area contributed by atoms with Gasteiger partial charge in [-0.2, -0.15) is 0 Å². The van der Waals surface area contributed by atoms with E-state index in [1.807, 2.05) is 18.2 Å². The number of hydrogen-bond donors (Lipinski definition) is 1. The van der Waals surface area contributed by atoms with Gasteiger partial charge in [-0.15, -0.1) is 0 Å². The highest BCUT2D eigenvalue weighted by molar-refractivity contribution is 5.11. The summed E-state index contributed by atoms with van der Waals surface area (Å²) >= 11 is 0. The molecule has 1 nitrogen and oxygen atoms in total. The van der Waals surface area contributed by atoms with Crippen LogP contribution >= 0.6 is 0 Å². The van der Waals surface area contributed by atoms with Gasteiger partial charge >= 0.3 is 0 Å². The number of nitrogens with two attached hydrogens (primary N) is 1. The van der Waals surface area contributed by atoms with Gasteiger partial charge in [0.15, 0.2) is 0 Å². The van der Waals surface area contributed by atoms with Crippen LogP contribution in [0.1, 0.15) is 18.4 Å². The maximum atomic E-state index is 5.22. The normalized spacial score (nSPS) is 15.1. The lowest BCUT2D eigenvalue weighted by atomic mass is 10.2. The molecule has 0 heterocycles. The summed E-state index contributed by atoms with van der Waals surface area (Å²) in [4.78, 5) is 0. The Morgan fingerprint density at radius 2 is 1.64 bits per heavy atom. The van der Waals surface area contributed by atoms with E-state index in [1.54, 1.807) is 0 Å². The van der Waals surface area contributed by atoms with Crippen LogP contribution in [-0.4, -0.2) is 6.04 Å². The highest BCUT2D eigenvalue weighted by atomic mass is 14.7. The fraction of sp³-hybridized carbons (Fsp3) is 0.400. The third-order valence-corrected chi connectivity index (χ3v) is 1.56. The predicted octanol–water partition coefficient (Wildman–Crippen LogP) is 2.10. The molecule has 0 bridgehead atoms. The maximum Gasteiger partial charge on any atom is 0.00399 e. The molecule has 2 rings (SSSR count). The second-order valence-electron chi connectivity index (χ2n) is 2.99. The van der Waals surface area contributed by atoms with Gasteiger partial charge in [0.1, 0.15) is 0 Å². The zero-order chi connectivity index (χ0) is 8.10. The molecule has 0 spiro atoms. The molecular formula is C10H15N. The molecule has 1 heteroatoms. The van der Waals surface area contributed by atoms with Crippen molar-refractivity contribution < 1.29 is 0 Å². The smallest absolute Gasteiger partial charge is 0.00399 e. The van der Waals surface area contributed by atoms with E-state index in [2.05, 4.69) is 19.1 Å². The van der Waals surface area contributed by atoms with Gasteiger partial charge < -0.3 is 5.73 Å². The first-order chi connectivity index (χ1) is 5.29. The Hall–Kier alpha value is -0.820. The lowest BCUT2D eigenvalue weighted by Gasteiger charge is -1.82. The Kier molecular flexibility index (Phi) is 3.12. The molecule has 1 aliphatic rings. The first-order valence-electron chi connectivity index (χ1n) is 4.06. The Morgan fingerprint density at radius 1 is 1.18 bits per heavy atom. The summed E-state index contributed by atoms with van der Waals surface area (Å²) in [6.45, 7) is 2.08. The van der Waals surface area contributed by atoms with Crippen LogP contribution in [0.3, 0.4) is 0 Å². The first kappa shape index (κ1) is 8.28. The van der Waals surface area contributed by atoms with E-state index in [-0.39, 0.29) is 0 Å². The van der Waals surface area contributed by atoms with E-state index in [0.717, 1.165) is 0 Å². The van der Waals surface area contributed by atoms with Gasteiger partial charge in [0.25, 0.3) is 0 Å². The Bertz CT molecular complexity index is 189. The molecule has 0 unspecified atom stereocenters. The molecule has 0 amide bonds. The zero-order valence-electron chi connectivity index (χ0n) is 6.96. The minimum Gasteiger partial charge on any atom is -0.328 e. The van der Waals surface area contributed by atoms with Crippen LogP contribution in [0.15, 0.2) is 30.3 Å². The summed E-state index contributed by atoms with van der Waals surface area (Å²) in [6.07, 6.45) is 2.53. The van der Waals surface area contributed by atoms with Gasteiger partial charge in [0, 0.05) is 6.04 Å². The summed E-state index contributed by atoms with van der Waals surface area (Å²) < 4.78 is 0. The summed E-state index contributed by atoms with van der Waals surface area (Å²) in [5, 5.41) is 0. The van der Waals surface area contributed by atoms with Crippen molar-refractivity contribution in [1.82, 2.24) is 0 Å². The molecule has 0 saturated heterocycles. The van der Waals surface area contributed by atoms with Crippen molar-refractivity contribution in [3.05, 3.63) is 35.9 Å². The van der Waals surface area contributed by atoms with Crippen molar-refractivity contribution in [3.8, 4) is 0 Å². The number of rotatable bonds is 0. The van der Waals surface area contributed by atoms with Crippen LogP contribution < -0.4 is 5.73 Å². The Balaban J connectivity index is 0.000000128. The largest absolute Gasteiger partial charge is 0.328 e. The van der Waals surface area contributed by atoms with Crippen molar-refractivity contribution in [2.45, 2.75) is 25.8 Å². The van der Waals surface area contributed by atoms with Gasteiger partial charge in [0.05, 0.1) is 0 Å². The average molecular weight is 149 g/mol. The summed E-state index contributed by atoms with van der Waals surface area (Å²) in [6, 6.07) is 10.8. The average Bonchev–Trinajstić information content (AvgIpc) is 2.75. The molecule has 1 fully saturated rings. The predicted molar refractivity (Wildman–Crippen MR) is 48.4 cm³/mol.